The van der Waals surface area contributed by atoms with E-state index in [2.05, 4.69) is 16.9 Å². The second kappa shape index (κ2) is 12.5. The fraction of sp³-hybridized carbons (Fsp3) is 0.257. The first-order valence-electron chi connectivity index (χ1n) is 14.9. The minimum atomic E-state index is -0.303. The van der Waals surface area contributed by atoms with Gasteiger partial charge in [-0.3, -0.25) is 14.4 Å². The number of nitrogens with zero attached hydrogens (tertiary/aromatic N) is 4. The first-order valence-corrected chi connectivity index (χ1v) is 14.9. The van der Waals surface area contributed by atoms with Crippen LogP contribution >= 0.6 is 0 Å². The number of aryl methyl sites for hydroxylation is 1. The standard InChI is InChI=1S/C35H35N5O5/c1-22(2)23-7-9-28-24(17-23)11-12-40(34(28)43)31-6-4-5-27(29(31)21-41)26-18-30(35(44)38(3)20-26)37-32-10-8-25(19-36-32)33(42)39-13-15-45-16-14-39/h4-10,17-20,41H,1,11-16,21H2,2-3H3,(H,36,37). The molecule has 0 saturated carbocycles. The van der Waals surface area contributed by atoms with E-state index in [1.807, 2.05) is 43.3 Å². The molecule has 2 aliphatic rings. The van der Waals surface area contributed by atoms with Gasteiger partial charge in [0.25, 0.3) is 17.4 Å². The highest BCUT2D eigenvalue weighted by Crippen LogP contribution is 2.35. The summed E-state index contributed by atoms with van der Waals surface area (Å²) < 4.78 is 6.79. The zero-order valence-electron chi connectivity index (χ0n) is 25.4. The number of aliphatic hydroxyl groups is 1. The third-order valence-electron chi connectivity index (χ3n) is 8.34. The lowest BCUT2D eigenvalue weighted by Gasteiger charge is -2.31. The Morgan fingerprint density at radius 3 is 2.51 bits per heavy atom. The van der Waals surface area contributed by atoms with Crippen molar-refractivity contribution in [1.29, 1.82) is 0 Å². The first-order chi connectivity index (χ1) is 21.7. The van der Waals surface area contributed by atoms with Gasteiger partial charge in [0, 0.05) is 55.8 Å². The van der Waals surface area contributed by atoms with Gasteiger partial charge in [-0.25, -0.2) is 4.98 Å². The van der Waals surface area contributed by atoms with E-state index >= 15 is 0 Å². The highest BCUT2D eigenvalue weighted by Gasteiger charge is 2.28. The Hall–Kier alpha value is -5.06. The molecule has 0 radical (unpaired) electrons. The largest absolute Gasteiger partial charge is 0.392 e. The third-order valence-corrected chi connectivity index (χ3v) is 8.34. The summed E-state index contributed by atoms with van der Waals surface area (Å²) >= 11 is 0. The maximum absolute atomic E-state index is 13.7. The number of hydrogen-bond acceptors (Lipinski definition) is 7. The summed E-state index contributed by atoms with van der Waals surface area (Å²) in [5.41, 5.74) is 6.64. The molecule has 0 atom stereocenters. The van der Waals surface area contributed by atoms with Crippen LogP contribution < -0.4 is 15.8 Å². The van der Waals surface area contributed by atoms with Crippen LogP contribution in [-0.4, -0.2) is 64.2 Å². The second-order valence-corrected chi connectivity index (χ2v) is 11.3. The highest BCUT2D eigenvalue weighted by molar-refractivity contribution is 6.09. The van der Waals surface area contributed by atoms with Crippen LogP contribution in [0, 0.1) is 0 Å². The predicted molar refractivity (Wildman–Crippen MR) is 174 cm³/mol. The number of nitrogens with one attached hydrogen (secondary N) is 1. The molecule has 2 N–H and O–H groups in total. The number of amides is 2. The lowest BCUT2D eigenvalue weighted by Crippen LogP contribution is -2.40. The minimum absolute atomic E-state index is 0.112. The van der Waals surface area contributed by atoms with Crippen LogP contribution in [0.4, 0.5) is 17.2 Å². The number of ether oxygens (including phenoxy) is 1. The van der Waals surface area contributed by atoms with E-state index in [0.717, 1.165) is 16.7 Å². The number of aliphatic hydroxyl groups excluding tert-OH is 1. The molecule has 6 rings (SSSR count). The number of anilines is 3. The molecule has 2 aromatic carbocycles. The smallest absolute Gasteiger partial charge is 0.274 e. The summed E-state index contributed by atoms with van der Waals surface area (Å²) in [5, 5.41) is 13.7. The van der Waals surface area contributed by atoms with Crippen molar-refractivity contribution >= 4 is 34.6 Å². The van der Waals surface area contributed by atoms with Crippen molar-refractivity contribution in [3.05, 3.63) is 112 Å². The molecule has 45 heavy (non-hydrogen) atoms. The Kier molecular flexibility index (Phi) is 8.34. The summed E-state index contributed by atoms with van der Waals surface area (Å²) in [6.07, 6.45) is 3.87. The maximum Gasteiger partial charge on any atom is 0.274 e. The van der Waals surface area contributed by atoms with Crippen molar-refractivity contribution in [3.8, 4) is 11.1 Å². The normalized spacial score (nSPS) is 14.7. The van der Waals surface area contributed by atoms with Crippen LogP contribution in [0.1, 0.15) is 44.3 Å². The molecular formula is C35H35N5O5. The number of pyridine rings is 2. The van der Waals surface area contributed by atoms with Crippen LogP contribution in [0.2, 0.25) is 0 Å². The monoisotopic (exact) mass is 605 g/mol. The summed E-state index contributed by atoms with van der Waals surface area (Å²) in [4.78, 5) is 47.4. The van der Waals surface area contributed by atoms with Crippen molar-refractivity contribution in [2.24, 2.45) is 7.05 Å². The van der Waals surface area contributed by atoms with Crippen LogP contribution in [-0.2, 0) is 24.8 Å². The Morgan fingerprint density at radius 1 is 1.02 bits per heavy atom. The van der Waals surface area contributed by atoms with Gasteiger partial charge in [-0.05, 0) is 60.4 Å². The zero-order chi connectivity index (χ0) is 31.7. The number of benzene rings is 2. The molecule has 2 amide bonds. The second-order valence-electron chi connectivity index (χ2n) is 11.3. The number of morpholine rings is 1. The van der Waals surface area contributed by atoms with E-state index < -0.39 is 0 Å². The summed E-state index contributed by atoms with van der Waals surface area (Å²) in [5.74, 6) is 0.172. The summed E-state index contributed by atoms with van der Waals surface area (Å²) in [7, 11) is 1.65. The number of fused-ring (bicyclic) bond motifs is 1. The van der Waals surface area contributed by atoms with E-state index in [1.54, 1.807) is 41.2 Å². The fourth-order valence-corrected chi connectivity index (χ4v) is 5.88. The molecule has 4 heterocycles. The summed E-state index contributed by atoms with van der Waals surface area (Å²) in [6.45, 7) is 8.22. The van der Waals surface area contributed by atoms with Gasteiger partial charge in [0.2, 0.25) is 0 Å². The number of rotatable bonds is 7. The van der Waals surface area contributed by atoms with Gasteiger partial charge in [0.15, 0.2) is 0 Å². The minimum Gasteiger partial charge on any atom is -0.392 e. The van der Waals surface area contributed by atoms with E-state index in [-0.39, 0.29) is 29.7 Å². The third kappa shape index (κ3) is 5.90. The van der Waals surface area contributed by atoms with Crippen LogP contribution in [0.5, 0.6) is 0 Å². The average Bonchev–Trinajstić information content (AvgIpc) is 3.06. The Bertz CT molecular complexity index is 1860. The quantitative estimate of drug-likeness (QED) is 0.321. The molecular weight excluding hydrogens is 570 g/mol. The molecule has 10 heteroatoms. The number of allylic oxidation sites excluding steroid dienone is 1. The molecule has 0 bridgehead atoms. The highest BCUT2D eigenvalue weighted by atomic mass is 16.5. The lowest BCUT2D eigenvalue weighted by molar-refractivity contribution is 0.0302. The van der Waals surface area contributed by atoms with Gasteiger partial charge in [-0.2, -0.15) is 0 Å². The Labute approximate surface area is 261 Å². The average molecular weight is 606 g/mol. The first kappa shape index (κ1) is 30.0. The topological polar surface area (TPSA) is 117 Å². The maximum atomic E-state index is 13.7. The molecule has 1 fully saturated rings. The van der Waals surface area contributed by atoms with Gasteiger partial charge in [-0.1, -0.05) is 36.4 Å². The van der Waals surface area contributed by atoms with Crippen molar-refractivity contribution < 1.29 is 19.4 Å². The number of hydrogen-bond donors (Lipinski definition) is 2. The van der Waals surface area contributed by atoms with Gasteiger partial charge in [-0.15, -0.1) is 0 Å². The number of carbonyl (C=O) groups excluding carboxylic acids is 2. The van der Waals surface area contributed by atoms with Crippen LogP contribution in [0.15, 0.2) is 78.4 Å². The molecule has 10 nitrogen and oxygen atoms in total. The molecule has 2 aliphatic heterocycles. The van der Waals surface area contributed by atoms with E-state index in [9.17, 15) is 19.5 Å². The molecule has 0 spiro atoms. The molecule has 1 saturated heterocycles. The molecule has 0 aliphatic carbocycles. The molecule has 2 aromatic heterocycles. The molecule has 4 aromatic rings. The van der Waals surface area contributed by atoms with Crippen molar-refractivity contribution in [2.75, 3.05) is 43.1 Å². The Balaban J connectivity index is 1.29. The van der Waals surface area contributed by atoms with Gasteiger partial charge in [0.1, 0.15) is 11.5 Å². The van der Waals surface area contributed by atoms with Gasteiger partial charge in [0.05, 0.1) is 31.1 Å². The Morgan fingerprint density at radius 2 is 1.80 bits per heavy atom. The number of aromatic nitrogens is 2. The van der Waals surface area contributed by atoms with Gasteiger partial charge < -0.3 is 29.5 Å². The zero-order valence-corrected chi connectivity index (χ0v) is 25.4. The van der Waals surface area contributed by atoms with Gasteiger partial charge >= 0.3 is 0 Å². The fourth-order valence-electron chi connectivity index (χ4n) is 5.88. The molecule has 0 unspecified atom stereocenters. The predicted octanol–water partition coefficient (Wildman–Crippen LogP) is 4.39. The van der Waals surface area contributed by atoms with Crippen LogP contribution in [0.3, 0.4) is 0 Å². The van der Waals surface area contributed by atoms with Crippen molar-refractivity contribution in [1.82, 2.24) is 14.5 Å². The lowest BCUT2D eigenvalue weighted by atomic mass is 9.93. The molecule has 230 valence electrons. The van der Waals surface area contributed by atoms with E-state index in [1.165, 1.54) is 10.8 Å². The van der Waals surface area contributed by atoms with Crippen molar-refractivity contribution in [3.63, 3.8) is 0 Å². The van der Waals surface area contributed by atoms with E-state index in [0.29, 0.717) is 78.6 Å². The SMILES string of the molecule is C=C(C)c1ccc2c(c1)CCN(c1cccc(-c3cc(Nc4ccc(C(=O)N5CCOCC5)cn4)c(=O)n(C)c3)c1CO)C2=O. The van der Waals surface area contributed by atoms with Crippen LogP contribution in [0.25, 0.3) is 16.7 Å². The van der Waals surface area contributed by atoms with Crippen molar-refractivity contribution in [2.45, 2.75) is 20.0 Å². The van der Waals surface area contributed by atoms with E-state index in [4.69, 9.17) is 4.74 Å². The summed E-state index contributed by atoms with van der Waals surface area (Å²) in [6, 6.07) is 16.4. The number of carbonyl (C=O) groups is 2.